The van der Waals surface area contributed by atoms with Gasteiger partial charge >= 0.3 is 0 Å². The molecule has 1 atom stereocenters. The van der Waals surface area contributed by atoms with E-state index in [4.69, 9.17) is 4.42 Å². The molecule has 1 amide bonds. The number of piperidine rings is 1. The Hall–Kier alpha value is -1.82. The van der Waals surface area contributed by atoms with Crippen LogP contribution in [0.25, 0.3) is 11.5 Å². The van der Waals surface area contributed by atoms with E-state index in [1.807, 2.05) is 24.0 Å². The number of nitrogens with zero attached hydrogens (tertiary/aromatic N) is 3. The van der Waals surface area contributed by atoms with Gasteiger partial charge in [-0.15, -0.1) is 10.2 Å². The molecule has 0 spiro atoms. The number of thioether (sulfide) groups is 1. The Morgan fingerprint density at radius 3 is 2.38 bits per heavy atom. The van der Waals surface area contributed by atoms with E-state index in [2.05, 4.69) is 43.1 Å². The molecule has 6 heteroatoms. The second kappa shape index (κ2) is 7.82. The summed E-state index contributed by atoms with van der Waals surface area (Å²) in [6.45, 7) is 10.2. The van der Waals surface area contributed by atoms with Crippen LogP contribution in [0.1, 0.15) is 52.5 Å². The number of carbonyl (C=O) groups is 1. The second-order valence-corrected chi connectivity index (χ2v) is 9.14. The summed E-state index contributed by atoms with van der Waals surface area (Å²) in [6.07, 6.45) is 3.41. The SMILES string of the molecule is C[C@@H](Sc1nnc(-c2ccc(C(C)(C)C)cc2)o1)C(=O)N1CCCCC1. The third-order valence-electron chi connectivity index (χ3n) is 4.70. The van der Waals surface area contributed by atoms with Gasteiger partial charge in [0.05, 0.1) is 5.25 Å². The summed E-state index contributed by atoms with van der Waals surface area (Å²) in [7, 11) is 0. The zero-order valence-corrected chi connectivity index (χ0v) is 16.8. The molecule has 3 rings (SSSR count). The van der Waals surface area contributed by atoms with Crippen LogP contribution >= 0.6 is 11.8 Å². The Kier molecular flexibility index (Phi) is 5.70. The Labute approximate surface area is 159 Å². The summed E-state index contributed by atoms with van der Waals surface area (Å²) in [5.74, 6) is 0.648. The summed E-state index contributed by atoms with van der Waals surface area (Å²) in [5, 5.41) is 8.47. The molecule has 0 radical (unpaired) electrons. The second-order valence-electron chi connectivity index (χ2n) is 7.85. The molecule has 2 heterocycles. The van der Waals surface area contributed by atoms with Crippen LogP contribution in [0.15, 0.2) is 33.9 Å². The Bertz CT molecular complexity index is 743. The van der Waals surface area contributed by atoms with Crippen LogP contribution in [-0.2, 0) is 10.2 Å². The van der Waals surface area contributed by atoms with Gasteiger partial charge in [0.25, 0.3) is 5.22 Å². The van der Waals surface area contributed by atoms with E-state index in [1.54, 1.807) is 0 Å². The fourth-order valence-electron chi connectivity index (χ4n) is 3.06. The fourth-order valence-corrected chi connectivity index (χ4v) is 3.83. The Morgan fingerprint density at radius 1 is 1.12 bits per heavy atom. The molecule has 1 aromatic heterocycles. The predicted octanol–water partition coefficient (Wildman–Crippen LogP) is 4.53. The van der Waals surface area contributed by atoms with Crippen molar-refractivity contribution in [2.75, 3.05) is 13.1 Å². The van der Waals surface area contributed by atoms with Crippen molar-refractivity contribution in [1.29, 1.82) is 0 Å². The highest BCUT2D eigenvalue weighted by Crippen LogP contribution is 2.29. The molecule has 0 bridgehead atoms. The molecule has 26 heavy (non-hydrogen) atoms. The molecule has 1 aliphatic heterocycles. The lowest BCUT2D eigenvalue weighted by Gasteiger charge is -2.28. The smallest absolute Gasteiger partial charge is 0.277 e. The van der Waals surface area contributed by atoms with Gasteiger partial charge in [0, 0.05) is 18.7 Å². The van der Waals surface area contributed by atoms with Crippen molar-refractivity contribution in [1.82, 2.24) is 15.1 Å². The molecule has 0 aliphatic carbocycles. The summed E-state index contributed by atoms with van der Waals surface area (Å²) < 4.78 is 5.77. The van der Waals surface area contributed by atoms with E-state index in [0.717, 1.165) is 31.5 Å². The molecular weight excluding hydrogens is 346 g/mol. The van der Waals surface area contributed by atoms with Gasteiger partial charge in [-0.25, -0.2) is 0 Å². The third-order valence-corrected chi connectivity index (χ3v) is 5.62. The number of carbonyl (C=O) groups excluding carboxylic acids is 1. The van der Waals surface area contributed by atoms with Gasteiger partial charge in [0.15, 0.2) is 0 Å². The van der Waals surface area contributed by atoms with E-state index >= 15 is 0 Å². The molecule has 0 unspecified atom stereocenters. The molecule has 0 saturated carbocycles. The first-order valence-corrected chi connectivity index (χ1v) is 10.1. The number of likely N-dealkylation sites (tertiary alicyclic amines) is 1. The first-order valence-electron chi connectivity index (χ1n) is 9.24. The van der Waals surface area contributed by atoms with E-state index < -0.39 is 0 Å². The highest BCUT2D eigenvalue weighted by Gasteiger charge is 2.25. The van der Waals surface area contributed by atoms with Crippen LogP contribution in [0.4, 0.5) is 0 Å². The number of rotatable bonds is 4. The summed E-state index contributed by atoms with van der Waals surface area (Å²) >= 11 is 1.34. The molecule has 140 valence electrons. The van der Waals surface area contributed by atoms with Crippen molar-refractivity contribution in [2.24, 2.45) is 0 Å². The van der Waals surface area contributed by atoms with Gasteiger partial charge < -0.3 is 9.32 Å². The van der Waals surface area contributed by atoms with Gasteiger partial charge in [-0.3, -0.25) is 4.79 Å². The Balaban J connectivity index is 1.65. The van der Waals surface area contributed by atoms with Crippen LogP contribution in [0.3, 0.4) is 0 Å². The lowest BCUT2D eigenvalue weighted by Crippen LogP contribution is -2.40. The first kappa shape index (κ1) is 19.0. The number of aromatic nitrogens is 2. The molecule has 5 nitrogen and oxygen atoms in total. The van der Waals surface area contributed by atoms with Gasteiger partial charge in [0.1, 0.15) is 0 Å². The third kappa shape index (κ3) is 4.47. The quantitative estimate of drug-likeness (QED) is 0.737. The minimum Gasteiger partial charge on any atom is -0.411 e. The molecule has 1 aromatic carbocycles. The van der Waals surface area contributed by atoms with Gasteiger partial charge in [-0.1, -0.05) is 44.7 Å². The average Bonchev–Trinajstić information content (AvgIpc) is 3.09. The van der Waals surface area contributed by atoms with Crippen LogP contribution in [-0.4, -0.2) is 39.3 Å². The maximum atomic E-state index is 12.5. The highest BCUT2D eigenvalue weighted by molar-refractivity contribution is 8.00. The lowest BCUT2D eigenvalue weighted by molar-refractivity contribution is -0.131. The summed E-state index contributed by atoms with van der Waals surface area (Å²) in [6, 6.07) is 8.19. The van der Waals surface area contributed by atoms with Crippen LogP contribution in [0, 0.1) is 0 Å². The highest BCUT2D eigenvalue weighted by atomic mass is 32.2. The first-order chi connectivity index (χ1) is 12.3. The largest absolute Gasteiger partial charge is 0.411 e. The average molecular weight is 374 g/mol. The molecule has 0 N–H and O–H groups in total. The van der Waals surface area contributed by atoms with Crippen molar-refractivity contribution in [3.63, 3.8) is 0 Å². The molecule has 1 fully saturated rings. The molecule has 1 aliphatic rings. The lowest BCUT2D eigenvalue weighted by atomic mass is 9.87. The Morgan fingerprint density at radius 2 is 1.77 bits per heavy atom. The normalized spacial score (nSPS) is 16.5. The van der Waals surface area contributed by atoms with E-state index in [9.17, 15) is 4.79 Å². The zero-order chi connectivity index (χ0) is 18.7. The van der Waals surface area contributed by atoms with Crippen molar-refractivity contribution in [3.05, 3.63) is 29.8 Å². The predicted molar refractivity (Wildman–Crippen MR) is 104 cm³/mol. The van der Waals surface area contributed by atoms with Crippen LogP contribution in [0.5, 0.6) is 0 Å². The van der Waals surface area contributed by atoms with Crippen molar-refractivity contribution < 1.29 is 9.21 Å². The van der Waals surface area contributed by atoms with Crippen molar-refractivity contribution in [2.45, 2.75) is 62.8 Å². The zero-order valence-electron chi connectivity index (χ0n) is 16.0. The maximum absolute atomic E-state index is 12.5. The van der Waals surface area contributed by atoms with Crippen molar-refractivity contribution >= 4 is 17.7 Å². The number of amides is 1. The van der Waals surface area contributed by atoms with Crippen LogP contribution in [0.2, 0.25) is 0 Å². The van der Waals surface area contributed by atoms with Crippen LogP contribution < -0.4 is 0 Å². The maximum Gasteiger partial charge on any atom is 0.277 e. The standard InChI is InChI=1S/C20H27N3O2S/c1-14(18(24)23-12-6-5-7-13-23)26-19-22-21-17(25-19)15-8-10-16(11-9-15)20(2,3)4/h8-11,14H,5-7,12-13H2,1-4H3/t14-/m1/s1. The summed E-state index contributed by atoms with van der Waals surface area (Å²) in [5.41, 5.74) is 2.27. The van der Waals surface area contributed by atoms with Gasteiger partial charge in [-0.05, 0) is 49.3 Å². The number of hydrogen-bond donors (Lipinski definition) is 0. The van der Waals surface area contributed by atoms with E-state index in [-0.39, 0.29) is 16.6 Å². The monoisotopic (exact) mass is 373 g/mol. The van der Waals surface area contributed by atoms with E-state index in [0.29, 0.717) is 11.1 Å². The minimum absolute atomic E-state index is 0.110. The van der Waals surface area contributed by atoms with Crippen molar-refractivity contribution in [3.8, 4) is 11.5 Å². The van der Waals surface area contributed by atoms with Gasteiger partial charge in [0.2, 0.25) is 11.8 Å². The van der Waals surface area contributed by atoms with Gasteiger partial charge in [-0.2, -0.15) is 0 Å². The fraction of sp³-hybridized carbons (Fsp3) is 0.550. The topological polar surface area (TPSA) is 59.2 Å². The number of hydrogen-bond acceptors (Lipinski definition) is 5. The molecule has 2 aromatic rings. The number of benzene rings is 1. The minimum atomic E-state index is -0.218. The van der Waals surface area contributed by atoms with E-state index in [1.165, 1.54) is 23.7 Å². The molecular formula is C20H27N3O2S. The summed E-state index contributed by atoms with van der Waals surface area (Å²) in [4.78, 5) is 14.5. The molecule has 1 saturated heterocycles.